The highest BCUT2D eigenvalue weighted by atomic mass is 16.5. The van der Waals surface area contributed by atoms with Gasteiger partial charge in [-0.3, -0.25) is 4.90 Å². The van der Waals surface area contributed by atoms with Crippen molar-refractivity contribution < 1.29 is 4.74 Å². The number of hydrogen-bond acceptors (Lipinski definition) is 6. The molecule has 2 fully saturated rings. The van der Waals surface area contributed by atoms with E-state index in [9.17, 15) is 0 Å². The SMILES string of the molecule is Cc1cc(NCCN2CCOCC2)nc(N2CCCC2)n1. The first-order valence-corrected chi connectivity index (χ1v) is 7.96. The van der Waals surface area contributed by atoms with Crippen molar-refractivity contribution in [2.45, 2.75) is 19.8 Å². The van der Waals surface area contributed by atoms with E-state index < -0.39 is 0 Å². The van der Waals surface area contributed by atoms with Crippen LogP contribution in [0.2, 0.25) is 0 Å². The van der Waals surface area contributed by atoms with Gasteiger partial charge in [0.25, 0.3) is 0 Å². The molecule has 1 aromatic heterocycles. The van der Waals surface area contributed by atoms with Gasteiger partial charge in [0.15, 0.2) is 0 Å². The Morgan fingerprint density at radius 3 is 2.67 bits per heavy atom. The Morgan fingerprint density at radius 1 is 1.14 bits per heavy atom. The molecule has 6 heteroatoms. The monoisotopic (exact) mass is 291 g/mol. The molecule has 0 aromatic carbocycles. The van der Waals surface area contributed by atoms with Gasteiger partial charge in [-0.05, 0) is 19.8 Å². The molecule has 116 valence electrons. The molecular formula is C15H25N5O. The van der Waals surface area contributed by atoms with E-state index in [-0.39, 0.29) is 0 Å². The Hall–Kier alpha value is -1.40. The lowest BCUT2D eigenvalue weighted by atomic mass is 10.4. The zero-order valence-corrected chi connectivity index (χ0v) is 12.8. The fourth-order valence-corrected chi connectivity index (χ4v) is 2.87. The predicted octanol–water partition coefficient (Wildman–Crippen LogP) is 1.13. The summed E-state index contributed by atoms with van der Waals surface area (Å²) in [4.78, 5) is 13.9. The first kappa shape index (κ1) is 14.5. The van der Waals surface area contributed by atoms with Gasteiger partial charge >= 0.3 is 0 Å². The fourth-order valence-electron chi connectivity index (χ4n) is 2.87. The Morgan fingerprint density at radius 2 is 1.90 bits per heavy atom. The first-order chi connectivity index (χ1) is 10.3. The van der Waals surface area contributed by atoms with E-state index in [2.05, 4.69) is 25.1 Å². The topological polar surface area (TPSA) is 53.5 Å². The molecule has 6 nitrogen and oxygen atoms in total. The number of ether oxygens (including phenoxy) is 1. The fraction of sp³-hybridized carbons (Fsp3) is 0.733. The maximum Gasteiger partial charge on any atom is 0.227 e. The Kier molecular flexibility index (Phi) is 4.87. The van der Waals surface area contributed by atoms with Crippen LogP contribution in [-0.4, -0.2) is 67.4 Å². The van der Waals surface area contributed by atoms with Crippen LogP contribution in [-0.2, 0) is 4.74 Å². The summed E-state index contributed by atoms with van der Waals surface area (Å²) in [6, 6.07) is 2.03. The van der Waals surface area contributed by atoms with Crippen LogP contribution in [0.5, 0.6) is 0 Å². The van der Waals surface area contributed by atoms with E-state index in [1.807, 2.05) is 13.0 Å². The molecule has 3 heterocycles. The van der Waals surface area contributed by atoms with E-state index >= 15 is 0 Å². The van der Waals surface area contributed by atoms with Crippen molar-refractivity contribution in [3.05, 3.63) is 11.8 Å². The summed E-state index contributed by atoms with van der Waals surface area (Å²) in [5, 5.41) is 3.44. The highest BCUT2D eigenvalue weighted by Crippen LogP contribution is 2.18. The summed E-state index contributed by atoms with van der Waals surface area (Å²) in [5.41, 5.74) is 1.03. The second-order valence-corrected chi connectivity index (χ2v) is 5.77. The van der Waals surface area contributed by atoms with E-state index in [1.165, 1.54) is 12.8 Å². The smallest absolute Gasteiger partial charge is 0.227 e. The van der Waals surface area contributed by atoms with Gasteiger partial charge in [0.05, 0.1) is 13.2 Å². The van der Waals surface area contributed by atoms with Crippen LogP contribution in [0.4, 0.5) is 11.8 Å². The third kappa shape index (κ3) is 4.04. The summed E-state index contributed by atoms with van der Waals surface area (Å²) in [7, 11) is 0. The molecule has 2 aliphatic rings. The van der Waals surface area contributed by atoms with Crippen LogP contribution in [0.3, 0.4) is 0 Å². The highest BCUT2D eigenvalue weighted by molar-refractivity contribution is 5.44. The lowest BCUT2D eigenvalue weighted by molar-refractivity contribution is 0.0398. The summed E-state index contributed by atoms with van der Waals surface area (Å²) in [6.07, 6.45) is 2.49. The van der Waals surface area contributed by atoms with Crippen molar-refractivity contribution in [1.29, 1.82) is 0 Å². The van der Waals surface area contributed by atoms with Gasteiger partial charge in [-0.15, -0.1) is 0 Å². The normalized spacial score (nSPS) is 20.0. The third-order valence-electron chi connectivity index (χ3n) is 4.07. The van der Waals surface area contributed by atoms with Gasteiger partial charge in [0.2, 0.25) is 5.95 Å². The summed E-state index contributed by atoms with van der Waals surface area (Å²) >= 11 is 0. The number of aryl methyl sites for hydroxylation is 1. The zero-order valence-electron chi connectivity index (χ0n) is 12.8. The standard InChI is InChI=1S/C15H25N5O/c1-13-12-14(16-4-7-19-8-10-21-11-9-19)18-15(17-13)20-5-2-3-6-20/h12H,2-11H2,1H3,(H,16,17,18). The molecule has 0 radical (unpaired) electrons. The van der Waals surface area contributed by atoms with Gasteiger partial charge < -0.3 is 15.0 Å². The Bertz CT molecular complexity index is 455. The molecule has 2 saturated heterocycles. The maximum absolute atomic E-state index is 5.36. The Balaban J connectivity index is 1.54. The highest BCUT2D eigenvalue weighted by Gasteiger charge is 2.16. The van der Waals surface area contributed by atoms with E-state index in [4.69, 9.17) is 4.74 Å². The van der Waals surface area contributed by atoms with E-state index in [1.54, 1.807) is 0 Å². The largest absolute Gasteiger partial charge is 0.379 e. The van der Waals surface area contributed by atoms with Crippen molar-refractivity contribution in [3.63, 3.8) is 0 Å². The lowest BCUT2D eigenvalue weighted by Gasteiger charge is -2.26. The van der Waals surface area contributed by atoms with Gasteiger partial charge in [-0.1, -0.05) is 0 Å². The molecular weight excluding hydrogens is 266 g/mol. The van der Waals surface area contributed by atoms with Crippen molar-refractivity contribution in [1.82, 2.24) is 14.9 Å². The molecule has 0 aliphatic carbocycles. The number of hydrogen-bond donors (Lipinski definition) is 1. The minimum absolute atomic E-state index is 0.853. The number of nitrogens with zero attached hydrogens (tertiary/aromatic N) is 4. The molecule has 0 spiro atoms. The minimum atomic E-state index is 0.853. The molecule has 21 heavy (non-hydrogen) atoms. The molecule has 1 N–H and O–H groups in total. The molecule has 0 bridgehead atoms. The van der Waals surface area contributed by atoms with E-state index in [0.717, 1.165) is 69.9 Å². The maximum atomic E-state index is 5.36. The number of aromatic nitrogens is 2. The van der Waals surface area contributed by atoms with Crippen molar-refractivity contribution in [3.8, 4) is 0 Å². The minimum Gasteiger partial charge on any atom is -0.379 e. The van der Waals surface area contributed by atoms with Crippen LogP contribution >= 0.6 is 0 Å². The molecule has 0 unspecified atom stereocenters. The van der Waals surface area contributed by atoms with Crippen LogP contribution in [0.1, 0.15) is 18.5 Å². The summed E-state index contributed by atoms with van der Waals surface area (Å²) < 4.78 is 5.36. The second-order valence-electron chi connectivity index (χ2n) is 5.77. The van der Waals surface area contributed by atoms with Gasteiger partial charge in [-0.2, -0.15) is 4.98 Å². The quantitative estimate of drug-likeness (QED) is 0.878. The van der Waals surface area contributed by atoms with E-state index in [0.29, 0.717) is 0 Å². The molecule has 1 aromatic rings. The average molecular weight is 291 g/mol. The number of morpholine rings is 1. The van der Waals surface area contributed by atoms with Crippen molar-refractivity contribution in [2.75, 3.05) is 62.7 Å². The van der Waals surface area contributed by atoms with Crippen LogP contribution in [0, 0.1) is 6.92 Å². The molecule has 0 atom stereocenters. The van der Waals surface area contributed by atoms with Gasteiger partial charge in [-0.25, -0.2) is 4.98 Å². The first-order valence-electron chi connectivity index (χ1n) is 7.96. The van der Waals surface area contributed by atoms with Crippen LogP contribution in [0.15, 0.2) is 6.07 Å². The molecule has 0 saturated carbocycles. The average Bonchev–Trinajstić information content (AvgIpc) is 3.02. The van der Waals surface area contributed by atoms with Crippen LogP contribution < -0.4 is 10.2 Å². The molecule has 0 amide bonds. The number of anilines is 2. The number of nitrogens with one attached hydrogen (secondary N) is 1. The predicted molar refractivity (Wildman–Crippen MR) is 84.0 cm³/mol. The summed E-state index contributed by atoms with van der Waals surface area (Å²) in [5.74, 6) is 1.82. The summed E-state index contributed by atoms with van der Waals surface area (Å²) in [6.45, 7) is 9.91. The molecule has 2 aliphatic heterocycles. The third-order valence-corrected chi connectivity index (χ3v) is 4.07. The van der Waals surface area contributed by atoms with Crippen molar-refractivity contribution >= 4 is 11.8 Å². The van der Waals surface area contributed by atoms with Crippen molar-refractivity contribution in [2.24, 2.45) is 0 Å². The zero-order chi connectivity index (χ0) is 14.5. The van der Waals surface area contributed by atoms with Gasteiger partial charge in [0, 0.05) is 51.0 Å². The van der Waals surface area contributed by atoms with Gasteiger partial charge in [0.1, 0.15) is 5.82 Å². The second kappa shape index (κ2) is 7.04. The lowest BCUT2D eigenvalue weighted by Crippen LogP contribution is -2.39. The number of rotatable bonds is 5. The Labute approximate surface area is 126 Å². The molecule has 3 rings (SSSR count). The van der Waals surface area contributed by atoms with Crippen LogP contribution in [0.25, 0.3) is 0 Å².